The van der Waals surface area contributed by atoms with Gasteiger partial charge in [0.1, 0.15) is 29.8 Å². The van der Waals surface area contributed by atoms with Gasteiger partial charge in [0.15, 0.2) is 5.82 Å². The van der Waals surface area contributed by atoms with Crippen LogP contribution < -0.4 is 0 Å². The molecule has 2 aromatic carbocycles. The highest BCUT2D eigenvalue weighted by Crippen LogP contribution is 2.32. The number of rotatable bonds is 3. The van der Waals surface area contributed by atoms with E-state index in [0.29, 0.717) is 6.07 Å². The first-order chi connectivity index (χ1) is 14.6. The van der Waals surface area contributed by atoms with E-state index in [0.717, 1.165) is 18.7 Å². The second kappa shape index (κ2) is 8.71. The molecule has 0 spiro atoms. The number of amidine groups is 1. The topological polar surface area (TPSA) is 77.4 Å². The van der Waals surface area contributed by atoms with E-state index in [4.69, 9.17) is 9.47 Å². The number of carbonyl (C=O) groups excluding carboxylic acids is 2. The normalized spacial score (nSPS) is 17.4. The molecule has 0 aromatic heterocycles. The van der Waals surface area contributed by atoms with Gasteiger partial charge in [-0.1, -0.05) is 30.3 Å². The zero-order valence-corrected chi connectivity index (χ0v) is 17.5. The Bertz CT molecular complexity index is 1020. The van der Waals surface area contributed by atoms with Gasteiger partial charge in [0.25, 0.3) is 0 Å². The minimum Gasteiger partial charge on any atom is -0.465 e. The summed E-state index contributed by atoms with van der Waals surface area (Å²) in [5.74, 6) is -3.11. The van der Waals surface area contributed by atoms with Gasteiger partial charge in [-0.25, -0.2) is 23.3 Å². The maximum atomic E-state index is 14.4. The van der Waals surface area contributed by atoms with Crippen molar-refractivity contribution in [1.82, 2.24) is 4.90 Å². The number of nitrogens with zero attached hydrogens (tertiary/aromatic N) is 2. The van der Waals surface area contributed by atoms with Gasteiger partial charge in [-0.15, -0.1) is 0 Å². The van der Waals surface area contributed by atoms with Crippen molar-refractivity contribution in [2.75, 3.05) is 13.7 Å². The van der Waals surface area contributed by atoms with Gasteiger partial charge in [0, 0.05) is 6.07 Å². The van der Waals surface area contributed by atoms with E-state index in [1.807, 2.05) is 18.2 Å². The van der Waals surface area contributed by atoms with Crippen molar-refractivity contribution >= 4 is 23.8 Å². The van der Waals surface area contributed by atoms with Gasteiger partial charge in [0.2, 0.25) is 0 Å². The van der Waals surface area contributed by atoms with Gasteiger partial charge in [-0.3, -0.25) is 0 Å². The number of benzene rings is 2. The summed E-state index contributed by atoms with van der Waals surface area (Å²) in [6.07, 6.45) is -0.742. The molecule has 0 saturated carbocycles. The van der Waals surface area contributed by atoms with Gasteiger partial charge >= 0.3 is 18.1 Å². The highest BCUT2D eigenvalue weighted by molar-refractivity contribution is 5.95. The number of ether oxygens (including phenoxy) is 3. The maximum Gasteiger partial charge on any atom is 0.419 e. The Hall–Kier alpha value is -3.49. The average molecular weight is 432 g/mol. The van der Waals surface area contributed by atoms with Crippen LogP contribution in [0.4, 0.5) is 19.3 Å². The molecule has 1 atom stereocenters. The van der Waals surface area contributed by atoms with Gasteiger partial charge in [-0.2, -0.15) is 4.99 Å². The van der Waals surface area contributed by atoms with Crippen molar-refractivity contribution in [3.63, 3.8) is 0 Å². The molecule has 1 aliphatic rings. The summed E-state index contributed by atoms with van der Waals surface area (Å²) < 4.78 is 43.9. The van der Waals surface area contributed by atoms with Crippen LogP contribution in [-0.2, 0) is 14.2 Å². The number of esters is 1. The molecule has 0 N–H and O–H groups in total. The van der Waals surface area contributed by atoms with Crippen LogP contribution in [0, 0.1) is 11.6 Å². The smallest absolute Gasteiger partial charge is 0.419 e. The minimum atomic E-state index is -1.09. The molecule has 31 heavy (non-hydrogen) atoms. The van der Waals surface area contributed by atoms with E-state index in [-0.39, 0.29) is 18.3 Å². The Labute approximate surface area is 178 Å². The standard InChI is InChI=1S/C22H22F2N2O5/c1-22(2,3)31-21(28)26-18(13-8-6-5-7-9-13)12-30-20(26)25-17-10-14(19(27)29-4)15(23)11-16(17)24/h5-11,18H,12H2,1-4H3/t18-/m0/s1. The summed E-state index contributed by atoms with van der Waals surface area (Å²) in [4.78, 5) is 29.9. The van der Waals surface area contributed by atoms with Gasteiger partial charge in [0.05, 0.1) is 12.7 Å². The number of amides is 1. The first-order valence-corrected chi connectivity index (χ1v) is 9.46. The zero-order valence-electron chi connectivity index (χ0n) is 17.5. The predicted octanol–water partition coefficient (Wildman–Crippen LogP) is 4.75. The Balaban J connectivity index is 2.05. The second-order valence-corrected chi connectivity index (χ2v) is 7.76. The lowest BCUT2D eigenvalue weighted by Gasteiger charge is -2.26. The van der Waals surface area contributed by atoms with Gasteiger partial charge < -0.3 is 14.2 Å². The molecule has 1 fully saturated rings. The fourth-order valence-corrected chi connectivity index (χ4v) is 2.95. The largest absolute Gasteiger partial charge is 0.465 e. The number of carbonyl (C=O) groups is 2. The van der Waals surface area contributed by atoms with Crippen LogP contribution in [0.2, 0.25) is 0 Å². The van der Waals surface area contributed by atoms with E-state index in [9.17, 15) is 18.4 Å². The van der Waals surface area contributed by atoms with E-state index in [1.165, 1.54) is 4.90 Å². The zero-order chi connectivity index (χ0) is 22.8. The van der Waals surface area contributed by atoms with Crippen LogP contribution in [0.25, 0.3) is 0 Å². The summed E-state index contributed by atoms with van der Waals surface area (Å²) in [5, 5.41) is 0. The molecule has 0 radical (unpaired) electrons. The Morgan fingerprint density at radius 1 is 1.13 bits per heavy atom. The summed E-state index contributed by atoms with van der Waals surface area (Å²) in [6, 6.07) is 9.67. The van der Waals surface area contributed by atoms with Crippen molar-refractivity contribution < 1.29 is 32.6 Å². The minimum absolute atomic E-state index is 0.0504. The molecule has 0 aliphatic carbocycles. The van der Waals surface area contributed by atoms with Crippen LogP contribution in [-0.4, -0.2) is 42.3 Å². The van der Waals surface area contributed by atoms with Crippen molar-refractivity contribution in [2.45, 2.75) is 32.4 Å². The molecule has 164 valence electrons. The molecule has 0 unspecified atom stereocenters. The Morgan fingerprint density at radius 2 is 1.81 bits per heavy atom. The van der Waals surface area contributed by atoms with Crippen LogP contribution in [0.15, 0.2) is 47.5 Å². The maximum absolute atomic E-state index is 14.4. The molecule has 0 bridgehead atoms. The molecule has 2 aromatic rings. The monoisotopic (exact) mass is 432 g/mol. The van der Waals surface area contributed by atoms with E-state index in [2.05, 4.69) is 9.73 Å². The Kier molecular flexibility index (Phi) is 6.24. The lowest BCUT2D eigenvalue weighted by Crippen LogP contribution is -2.39. The fraction of sp³-hybridized carbons (Fsp3) is 0.318. The molecule has 1 aliphatic heterocycles. The first kappa shape index (κ1) is 22.2. The van der Waals surface area contributed by atoms with E-state index >= 15 is 0 Å². The SMILES string of the molecule is COC(=O)c1cc(N=C2OC[C@@H](c3ccccc3)N2C(=O)OC(C)(C)C)c(F)cc1F. The van der Waals surface area contributed by atoms with E-state index in [1.54, 1.807) is 32.9 Å². The van der Waals surface area contributed by atoms with Crippen LogP contribution in [0.3, 0.4) is 0 Å². The molecule has 1 saturated heterocycles. The van der Waals surface area contributed by atoms with Crippen molar-refractivity contribution in [3.05, 3.63) is 65.2 Å². The lowest BCUT2D eigenvalue weighted by atomic mass is 10.1. The van der Waals surface area contributed by atoms with Crippen LogP contribution in [0.5, 0.6) is 0 Å². The second-order valence-electron chi connectivity index (χ2n) is 7.76. The summed E-state index contributed by atoms with van der Waals surface area (Å²) in [6.45, 7) is 5.17. The molecule has 1 amide bonds. The predicted molar refractivity (Wildman–Crippen MR) is 108 cm³/mol. The van der Waals surface area contributed by atoms with Gasteiger partial charge in [-0.05, 0) is 32.4 Å². The third kappa shape index (κ3) is 4.99. The number of halogens is 2. The highest BCUT2D eigenvalue weighted by Gasteiger charge is 2.40. The summed E-state index contributed by atoms with van der Waals surface area (Å²) in [5.41, 5.74) is -0.928. The van der Waals surface area contributed by atoms with Crippen LogP contribution >= 0.6 is 0 Å². The average Bonchev–Trinajstić information content (AvgIpc) is 3.12. The number of hydrogen-bond donors (Lipinski definition) is 0. The molecule has 9 heteroatoms. The third-order valence-electron chi connectivity index (χ3n) is 4.32. The first-order valence-electron chi connectivity index (χ1n) is 9.46. The van der Waals surface area contributed by atoms with Crippen molar-refractivity contribution in [3.8, 4) is 0 Å². The lowest BCUT2D eigenvalue weighted by molar-refractivity contribution is 0.0334. The van der Waals surface area contributed by atoms with Crippen LogP contribution in [0.1, 0.15) is 42.7 Å². The number of aliphatic imine (C=N–C) groups is 1. The molecule has 1 heterocycles. The highest BCUT2D eigenvalue weighted by atomic mass is 19.1. The third-order valence-corrected chi connectivity index (χ3v) is 4.32. The van der Waals surface area contributed by atoms with Crippen molar-refractivity contribution in [1.29, 1.82) is 0 Å². The molecule has 3 rings (SSSR count). The molecular weight excluding hydrogens is 410 g/mol. The van der Waals surface area contributed by atoms with Crippen molar-refractivity contribution in [2.24, 2.45) is 4.99 Å². The quantitative estimate of drug-likeness (QED) is 0.655. The molecular formula is C22H22F2N2O5. The fourth-order valence-electron chi connectivity index (χ4n) is 2.95. The van der Waals surface area contributed by atoms with E-state index < -0.39 is 40.9 Å². The number of methoxy groups -OCH3 is 1. The summed E-state index contributed by atoms with van der Waals surface area (Å²) in [7, 11) is 1.07. The molecule has 7 nitrogen and oxygen atoms in total. The Morgan fingerprint density at radius 3 is 2.42 bits per heavy atom. The number of hydrogen-bond acceptors (Lipinski definition) is 6. The summed E-state index contributed by atoms with van der Waals surface area (Å²) >= 11 is 0.